The minimum Gasteiger partial charge on any atom is -0.508 e. The largest absolute Gasteiger partial charge is 0.508 e. The van der Waals surface area contributed by atoms with E-state index >= 15 is 0 Å². The molecule has 0 aliphatic carbocycles. The van der Waals surface area contributed by atoms with Crippen molar-refractivity contribution in [3.8, 4) is 5.75 Å². The first kappa shape index (κ1) is 8.05. The Morgan fingerprint density at radius 3 is 2.73 bits per heavy atom. The quantitative estimate of drug-likeness (QED) is 0.693. The summed E-state index contributed by atoms with van der Waals surface area (Å²) in [5.41, 5.74) is 0.814. The summed E-state index contributed by atoms with van der Waals surface area (Å²) < 4.78 is 12.4. The van der Waals surface area contributed by atoms with Gasteiger partial charge in [-0.15, -0.1) is 0 Å². The third-order valence-electron chi connectivity index (χ3n) is 1.57. The Bertz CT molecular complexity index is 245. The van der Waals surface area contributed by atoms with Crippen molar-refractivity contribution in [3.63, 3.8) is 0 Å². The summed E-state index contributed by atoms with van der Waals surface area (Å²) >= 11 is 0. The van der Waals surface area contributed by atoms with Gasteiger partial charge >= 0.3 is 0 Å². The van der Waals surface area contributed by atoms with E-state index in [0.29, 0.717) is 0 Å². The summed E-state index contributed by atoms with van der Waals surface area (Å²) in [7, 11) is 0. The average Bonchev–Trinajstić information content (AvgIpc) is 1.95. The smallest absolute Gasteiger partial charge is 0.126 e. The standard InChI is InChI=1S/C9H11FO/c1-2-3-7-4-5-8(10)6-9(7)11/h4-6,11H,2-3H2,1H3. The van der Waals surface area contributed by atoms with E-state index in [1.165, 1.54) is 6.07 Å². The molecule has 0 amide bonds. The van der Waals surface area contributed by atoms with Crippen LogP contribution < -0.4 is 0 Å². The molecule has 0 spiro atoms. The third kappa shape index (κ3) is 1.93. The van der Waals surface area contributed by atoms with Crippen molar-refractivity contribution in [2.75, 3.05) is 0 Å². The molecule has 0 aliphatic rings. The van der Waals surface area contributed by atoms with Crippen LogP contribution in [0.1, 0.15) is 18.9 Å². The van der Waals surface area contributed by atoms with Crippen LogP contribution in [0, 0.1) is 5.82 Å². The van der Waals surface area contributed by atoms with E-state index in [-0.39, 0.29) is 11.6 Å². The minimum absolute atomic E-state index is 0.0619. The van der Waals surface area contributed by atoms with Crippen molar-refractivity contribution in [3.05, 3.63) is 29.6 Å². The average molecular weight is 154 g/mol. The van der Waals surface area contributed by atoms with E-state index in [2.05, 4.69) is 0 Å². The lowest BCUT2D eigenvalue weighted by Gasteiger charge is -2.01. The zero-order valence-electron chi connectivity index (χ0n) is 6.47. The fourth-order valence-electron chi connectivity index (χ4n) is 1.02. The number of phenolic OH excluding ortho intramolecular Hbond substituents is 1. The van der Waals surface area contributed by atoms with Crippen molar-refractivity contribution < 1.29 is 9.50 Å². The number of aryl methyl sites for hydroxylation is 1. The van der Waals surface area contributed by atoms with Crippen molar-refractivity contribution in [2.24, 2.45) is 0 Å². The first-order valence-corrected chi connectivity index (χ1v) is 3.71. The molecule has 0 unspecified atom stereocenters. The fraction of sp³-hybridized carbons (Fsp3) is 0.333. The Hall–Kier alpha value is -1.05. The second-order valence-corrected chi connectivity index (χ2v) is 2.52. The van der Waals surface area contributed by atoms with E-state index in [9.17, 15) is 9.50 Å². The highest BCUT2D eigenvalue weighted by Crippen LogP contribution is 2.18. The van der Waals surface area contributed by atoms with Crippen LogP contribution in [0.25, 0.3) is 0 Å². The summed E-state index contributed by atoms with van der Waals surface area (Å²) in [6.07, 6.45) is 1.76. The Labute approximate surface area is 65.5 Å². The van der Waals surface area contributed by atoms with Gasteiger partial charge in [-0.1, -0.05) is 19.4 Å². The SMILES string of the molecule is CCCc1ccc(F)cc1O. The van der Waals surface area contributed by atoms with Crippen molar-refractivity contribution in [1.29, 1.82) is 0 Å². The molecule has 0 atom stereocenters. The van der Waals surface area contributed by atoms with Gasteiger partial charge in [0.05, 0.1) is 0 Å². The maximum atomic E-state index is 12.4. The number of halogens is 1. The van der Waals surface area contributed by atoms with Crippen LogP contribution in [-0.2, 0) is 6.42 Å². The molecule has 2 heteroatoms. The molecule has 1 aromatic carbocycles. The predicted octanol–water partition coefficient (Wildman–Crippen LogP) is 2.48. The highest BCUT2D eigenvalue weighted by Gasteiger charge is 1.99. The molecule has 1 N–H and O–H groups in total. The lowest BCUT2D eigenvalue weighted by molar-refractivity contribution is 0.461. The van der Waals surface area contributed by atoms with Gasteiger partial charge in [0.15, 0.2) is 0 Å². The second kappa shape index (κ2) is 3.37. The van der Waals surface area contributed by atoms with Crippen LogP contribution in [0.5, 0.6) is 5.75 Å². The van der Waals surface area contributed by atoms with E-state index in [4.69, 9.17) is 0 Å². The first-order chi connectivity index (χ1) is 5.24. The number of phenols is 1. The normalized spacial score (nSPS) is 10.0. The zero-order chi connectivity index (χ0) is 8.27. The van der Waals surface area contributed by atoms with Gasteiger partial charge in [-0.25, -0.2) is 4.39 Å². The van der Waals surface area contributed by atoms with Gasteiger partial charge < -0.3 is 5.11 Å². The molecule has 1 aromatic rings. The number of hydrogen-bond donors (Lipinski definition) is 1. The van der Waals surface area contributed by atoms with Crippen molar-refractivity contribution in [1.82, 2.24) is 0 Å². The van der Waals surface area contributed by atoms with Gasteiger partial charge in [0, 0.05) is 6.07 Å². The van der Waals surface area contributed by atoms with Gasteiger partial charge in [0.1, 0.15) is 11.6 Å². The molecule has 0 heterocycles. The van der Waals surface area contributed by atoms with Crippen LogP contribution in [-0.4, -0.2) is 5.11 Å². The highest BCUT2D eigenvalue weighted by molar-refractivity contribution is 5.32. The van der Waals surface area contributed by atoms with Crippen LogP contribution in [0.15, 0.2) is 18.2 Å². The molecule has 0 saturated heterocycles. The van der Waals surface area contributed by atoms with Crippen LogP contribution in [0.2, 0.25) is 0 Å². The lowest BCUT2D eigenvalue weighted by atomic mass is 10.1. The highest BCUT2D eigenvalue weighted by atomic mass is 19.1. The Morgan fingerprint density at radius 2 is 2.18 bits per heavy atom. The molecule has 0 aromatic heterocycles. The molecule has 60 valence electrons. The topological polar surface area (TPSA) is 20.2 Å². The minimum atomic E-state index is -0.387. The Morgan fingerprint density at radius 1 is 1.45 bits per heavy atom. The molecule has 11 heavy (non-hydrogen) atoms. The lowest BCUT2D eigenvalue weighted by Crippen LogP contribution is -1.84. The van der Waals surface area contributed by atoms with E-state index in [0.717, 1.165) is 24.5 Å². The Balaban J connectivity index is 2.90. The van der Waals surface area contributed by atoms with Crippen LogP contribution >= 0.6 is 0 Å². The third-order valence-corrected chi connectivity index (χ3v) is 1.57. The van der Waals surface area contributed by atoms with E-state index < -0.39 is 0 Å². The Kier molecular flexibility index (Phi) is 2.47. The number of aromatic hydroxyl groups is 1. The molecular weight excluding hydrogens is 143 g/mol. The predicted molar refractivity (Wildman–Crippen MR) is 42.1 cm³/mol. The number of hydrogen-bond acceptors (Lipinski definition) is 1. The van der Waals surface area contributed by atoms with E-state index in [1.807, 2.05) is 6.92 Å². The summed E-state index contributed by atoms with van der Waals surface area (Å²) in [5, 5.41) is 9.18. The summed E-state index contributed by atoms with van der Waals surface area (Å²) in [6.45, 7) is 2.02. The fourth-order valence-corrected chi connectivity index (χ4v) is 1.02. The van der Waals surface area contributed by atoms with Gasteiger partial charge in [-0.3, -0.25) is 0 Å². The number of rotatable bonds is 2. The number of benzene rings is 1. The summed E-state index contributed by atoms with van der Waals surface area (Å²) in [4.78, 5) is 0. The molecule has 0 bridgehead atoms. The van der Waals surface area contributed by atoms with Gasteiger partial charge in [-0.2, -0.15) is 0 Å². The molecule has 1 nitrogen and oxygen atoms in total. The molecule has 1 rings (SSSR count). The van der Waals surface area contributed by atoms with Gasteiger partial charge in [0.25, 0.3) is 0 Å². The van der Waals surface area contributed by atoms with Gasteiger partial charge in [0.2, 0.25) is 0 Å². The molecule has 0 saturated carbocycles. The monoisotopic (exact) mass is 154 g/mol. The zero-order valence-corrected chi connectivity index (χ0v) is 6.47. The molecule has 0 aliphatic heterocycles. The molecule has 0 fully saturated rings. The summed E-state index contributed by atoms with van der Waals surface area (Å²) in [6, 6.07) is 4.13. The van der Waals surface area contributed by atoms with E-state index in [1.54, 1.807) is 6.07 Å². The second-order valence-electron chi connectivity index (χ2n) is 2.52. The van der Waals surface area contributed by atoms with Crippen molar-refractivity contribution in [2.45, 2.75) is 19.8 Å². The van der Waals surface area contributed by atoms with Crippen LogP contribution in [0.3, 0.4) is 0 Å². The van der Waals surface area contributed by atoms with Crippen LogP contribution in [0.4, 0.5) is 4.39 Å². The first-order valence-electron chi connectivity index (χ1n) is 3.71. The maximum absolute atomic E-state index is 12.4. The molecule has 0 radical (unpaired) electrons. The molecular formula is C9H11FO. The van der Waals surface area contributed by atoms with Crippen molar-refractivity contribution >= 4 is 0 Å². The summed E-state index contributed by atoms with van der Waals surface area (Å²) in [5.74, 6) is -0.325. The maximum Gasteiger partial charge on any atom is 0.126 e. The van der Waals surface area contributed by atoms with Gasteiger partial charge in [-0.05, 0) is 18.1 Å².